The van der Waals surface area contributed by atoms with Crippen molar-refractivity contribution in [2.45, 2.75) is 12.3 Å². The lowest BCUT2D eigenvalue weighted by Crippen LogP contribution is -2.33. The van der Waals surface area contributed by atoms with E-state index in [4.69, 9.17) is 28.5 Å². The number of nitrogens with one attached hydrogen (secondary N) is 1. The number of halogens is 2. The highest BCUT2D eigenvalue weighted by atomic mass is 35.5. The first kappa shape index (κ1) is 14.8. The van der Waals surface area contributed by atoms with Gasteiger partial charge in [0.15, 0.2) is 11.7 Å². The van der Waals surface area contributed by atoms with Gasteiger partial charge in [0.2, 0.25) is 5.91 Å². The first-order chi connectivity index (χ1) is 9.49. The second-order valence-corrected chi connectivity index (χ2v) is 5.52. The number of carbonyl (C=O) groups is 2. The van der Waals surface area contributed by atoms with Gasteiger partial charge in [-0.25, -0.2) is 0 Å². The summed E-state index contributed by atoms with van der Waals surface area (Å²) in [6.45, 7) is 0. The van der Waals surface area contributed by atoms with Crippen molar-refractivity contribution in [3.05, 3.63) is 33.8 Å². The number of benzene rings is 1. The van der Waals surface area contributed by atoms with E-state index in [0.717, 1.165) is 5.56 Å². The van der Waals surface area contributed by atoms with Gasteiger partial charge >= 0.3 is 0 Å². The molecule has 1 amide bonds. The molecule has 1 aliphatic carbocycles. The number of amides is 1. The van der Waals surface area contributed by atoms with Crippen molar-refractivity contribution in [1.82, 2.24) is 5.32 Å². The Hall–Kier alpha value is -1.57. The minimum Gasteiger partial charge on any atom is -0.358 e. The van der Waals surface area contributed by atoms with Crippen LogP contribution >= 0.6 is 23.2 Å². The van der Waals surface area contributed by atoms with Crippen molar-refractivity contribution in [2.75, 3.05) is 7.05 Å². The van der Waals surface area contributed by atoms with Gasteiger partial charge in [0.25, 0.3) is 0 Å². The smallest absolute Gasteiger partial charge is 0.244 e. The van der Waals surface area contributed by atoms with E-state index in [1.54, 1.807) is 18.2 Å². The minimum absolute atomic E-state index is 0.0118. The van der Waals surface area contributed by atoms with Crippen molar-refractivity contribution in [3.8, 4) is 6.07 Å². The summed E-state index contributed by atoms with van der Waals surface area (Å²) in [6, 6.07) is 6.98. The fraction of sp³-hybridized carbons (Fsp3) is 0.357. The topological polar surface area (TPSA) is 70.0 Å². The third-order valence-corrected chi connectivity index (χ3v) is 4.19. The SMILES string of the molecule is CNC(=O)[C@H](C#N)C(=O)[C@@H]1C[C@@H]1c1ccc(Cl)c(Cl)c1. The zero-order valence-corrected chi connectivity index (χ0v) is 12.2. The van der Waals surface area contributed by atoms with Gasteiger partial charge in [0.05, 0.1) is 16.1 Å². The molecule has 0 saturated heterocycles. The molecule has 0 bridgehead atoms. The predicted octanol–water partition coefficient (Wildman–Crippen LogP) is 2.55. The van der Waals surface area contributed by atoms with E-state index in [-0.39, 0.29) is 17.6 Å². The van der Waals surface area contributed by atoms with Gasteiger partial charge in [0.1, 0.15) is 0 Å². The second kappa shape index (κ2) is 5.82. The predicted molar refractivity (Wildman–Crippen MR) is 75.5 cm³/mol. The number of hydrogen-bond donors (Lipinski definition) is 1. The molecule has 3 atom stereocenters. The maximum absolute atomic E-state index is 12.1. The quantitative estimate of drug-likeness (QED) is 0.869. The molecule has 0 radical (unpaired) electrons. The molecule has 6 heteroatoms. The number of nitrogens with zero attached hydrogens (tertiary/aromatic N) is 1. The molecule has 104 valence electrons. The Bertz CT molecular complexity index is 610. The Kier molecular flexibility index (Phi) is 4.32. The van der Waals surface area contributed by atoms with Crippen LogP contribution in [0.25, 0.3) is 0 Å². The lowest BCUT2D eigenvalue weighted by atomic mass is 9.98. The summed E-state index contributed by atoms with van der Waals surface area (Å²) in [4.78, 5) is 23.6. The fourth-order valence-corrected chi connectivity index (χ4v) is 2.54. The summed E-state index contributed by atoms with van der Waals surface area (Å²) in [6.07, 6.45) is 0.631. The Balaban J connectivity index is 2.11. The molecular weight excluding hydrogens is 299 g/mol. The third kappa shape index (κ3) is 2.79. The van der Waals surface area contributed by atoms with Crippen LogP contribution < -0.4 is 5.32 Å². The van der Waals surface area contributed by atoms with Gasteiger partial charge in [-0.2, -0.15) is 5.26 Å². The van der Waals surface area contributed by atoms with Gasteiger partial charge in [-0.15, -0.1) is 0 Å². The van der Waals surface area contributed by atoms with Crippen LogP contribution in [0.2, 0.25) is 10.0 Å². The molecule has 1 aliphatic rings. The summed E-state index contributed by atoms with van der Waals surface area (Å²) >= 11 is 11.8. The summed E-state index contributed by atoms with van der Waals surface area (Å²) < 4.78 is 0. The van der Waals surface area contributed by atoms with E-state index in [0.29, 0.717) is 16.5 Å². The third-order valence-electron chi connectivity index (χ3n) is 3.45. The molecule has 20 heavy (non-hydrogen) atoms. The lowest BCUT2D eigenvalue weighted by molar-refractivity contribution is -0.132. The normalized spacial score (nSPS) is 21.7. The molecule has 4 nitrogen and oxygen atoms in total. The minimum atomic E-state index is -1.24. The molecule has 0 heterocycles. The van der Waals surface area contributed by atoms with Crippen LogP contribution in [0.3, 0.4) is 0 Å². The van der Waals surface area contributed by atoms with Crippen LogP contribution in [0.15, 0.2) is 18.2 Å². The number of hydrogen-bond acceptors (Lipinski definition) is 3. The maximum atomic E-state index is 12.1. The molecule has 1 N–H and O–H groups in total. The van der Waals surface area contributed by atoms with E-state index in [1.165, 1.54) is 7.05 Å². The highest BCUT2D eigenvalue weighted by Crippen LogP contribution is 2.49. The van der Waals surface area contributed by atoms with Crippen molar-refractivity contribution in [2.24, 2.45) is 11.8 Å². The maximum Gasteiger partial charge on any atom is 0.244 e. The van der Waals surface area contributed by atoms with Gasteiger partial charge in [-0.1, -0.05) is 29.3 Å². The van der Waals surface area contributed by atoms with Crippen LogP contribution in [-0.2, 0) is 9.59 Å². The average molecular weight is 311 g/mol. The Morgan fingerprint density at radius 3 is 2.65 bits per heavy atom. The van der Waals surface area contributed by atoms with Crippen LogP contribution in [-0.4, -0.2) is 18.7 Å². The first-order valence-corrected chi connectivity index (χ1v) is 6.85. The summed E-state index contributed by atoms with van der Waals surface area (Å²) in [5.41, 5.74) is 0.909. The van der Waals surface area contributed by atoms with Crippen molar-refractivity contribution >= 4 is 34.9 Å². The fourth-order valence-electron chi connectivity index (χ4n) is 2.23. The molecule has 2 rings (SSSR count). The van der Waals surface area contributed by atoms with E-state index < -0.39 is 11.8 Å². The second-order valence-electron chi connectivity index (χ2n) is 4.70. The van der Waals surface area contributed by atoms with Crippen molar-refractivity contribution in [1.29, 1.82) is 5.26 Å². The standard InChI is InChI=1S/C14H12Cl2N2O2/c1-18-14(20)10(6-17)13(19)9-5-8(9)7-2-3-11(15)12(16)4-7/h2-4,8-10H,5H2,1H3,(H,18,20)/t8-,9-,10-/m1/s1. The van der Waals surface area contributed by atoms with Crippen LogP contribution in [0.5, 0.6) is 0 Å². The van der Waals surface area contributed by atoms with Crippen molar-refractivity contribution < 1.29 is 9.59 Å². The van der Waals surface area contributed by atoms with Crippen LogP contribution in [0.1, 0.15) is 17.9 Å². The Morgan fingerprint density at radius 1 is 1.40 bits per heavy atom. The number of carbonyl (C=O) groups excluding carboxylic acids is 2. The van der Waals surface area contributed by atoms with E-state index in [1.807, 2.05) is 6.07 Å². The Labute approximate surface area is 126 Å². The average Bonchev–Trinajstić information content (AvgIpc) is 3.22. The summed E-state index contributed by atoms with van der Waals surface area (Å²) in [7, 11) is 1.41. The lowest BCUT2D eigenvalue weighted by Gasteiger charge is -2.06. The van der Waals surface area contributed by atoms with Gasteiger partial charge < -0.3 is 5.32 Å². The van der Waals surface area contributed by atoms with E-state index in [9.17, 15) is 9.59 Å². The van der Waals surface area contributed by atoms with E-state index >= 15 is 0 Å². The molecule has 0 aromatic heterocycles. The molecule has 1 fully saturated rings. The zero-order chi connectivity index (χ0) is 14.9. The van der Waals surface area contributed by atoms with Gasteiger partial charge in [-0.05, 0) is 30.0 Å². The number of Topliss-reactive ketones (excluding diaryl/α,β-unsaturated/α-hetero) is 1. The largest absolute Gasteiger partial charge is 0.358 e. The highest BCUT2D eigenvalue weighted by molar-refractivity contribution is 6.42. The molecule has 0 aliphatic heterocycles. The number of ketones is 1. The molecular formula is C14H12Cl2N2O2. The molecule has 1 saturated carbocycles. The molecule has 1 aromatic rings. The van der Waals surface area contributed by atoms with Crippen molar-refractivity contribution in [3.63, 3.8) is 0 Å². The van der Waals surface area contributed by atoms with Gasteiger partial charge in [-0.3, -0.25) is 9.59 Å². The Morgan fingerprint density at radius 2 is 2.10 bits per heavy atom. The summed E-state index contributed by atoms with van der Waals surface area (Å²) in [5.74, 6) is -2.41. The van der Waals surface area contributed by atoms with Crippen LogP contribution in [0, 0.1) is 23.2 Å². The molecule has 0 unspecified atom stereocenters. The zero-order valence-electron chi connectivity index (χ0n) is 10.7. The number of nitriles is 1. The van der Waals surface area contributed by atoms with Crippen LogP contribution in [0.4, 0.5) is 0 Å². The first-order valence-electron chi connectivity index (χ1n) is 6.09. The molecule has 0 spiro atoms. The van der Waals surface area contributed by atoms with Gasteiger partial charge in [0, 0.05) is 13.0 Å². The van der Waals surface area contributed by atoms with E-state index in [2.05, 4.69) is 5.32 Å². The monoisotopic (exact) mass is 310 g/mol. The highest BCUT2D eigenvalue weighted by Gasteiger charge is 2.47. The molecule has 1 aromatic carbocycles. The summed E-state index contributed by atoms with van der Waals surface area (Å²) in [5, 5.41) is 12.2. The number of rotatable bonds is 4.